The van der Waals surface area contributed by atoms with Crippen molar-refractivity contribution < 1.29 is 9.18 Å². The molecule has 0 saturated carbocycles. The predicted molar refractivity (Wildman–Crippen MR) is 87.0 cm³/mol. The molecule has 1 aliphatic rings. The fourth-order valence-electron chi connectivity index (χ4n) is 2.99. The van der Waals surface area contributed by atoms with Crippen LogP contribution in [-0.4, -0.2) is 20.3 Å². The van der Waals surface area contributed by atoms with E-state index in [0.717, 1.165) is 37.1 Å². The van der Waals surface area contributed by atoms with Crippen LogP contribution in [0.4, 0.5) is 4.39 Å². The molecule has 0 aliphatic carbocycles. The van der Waals surface area contributed by atoms with E-state index in [-0.39, 0.29) is 30.0 Å². The van der Waals surface area contributed by atoms with Crippen molar-refractivity contribution in [1.82, 2.24) is 19.7 Å². The number of aryl methyl sites for hydroxylation is 1. The van der Waals surface area contributed by atoms with Crippen LogP contribution in [0, 0.1) is 5.82 Å². The van der Waals surface area contributed by atoms with E-state index in [1.54, 1.807) is 16.7 Å². The van der Waals surface area contributed by atoms with E-state index >= 15 is 0 Å². The predicted octanol–water partition coefficient (Wildman–Crippen LogP) is 1.79. The van der Waals surface area contributed by atoms with Crippen molar-refractivity contribution in [3.05, 3.63) is 52.0 Å². The Morgan fingerprint density at radius 3 is 2.79 bits per heavy atom. The number of halogens is 1. The molecule has 0 bridgehead atoms. The standard InChI is InChI=1S/C17H21FN4O2/c1-12(13-6-8-14(18)9-7-13)19-16(23)11-22-17(24)21-10-4-2-3-5-15(21)20-22/h6-9,12H,2-5,10-11H2,1H3,(H,19,23). The number of carbonyl (C=O) groups excluding carboxylic acids is 1. The summed E-state index contributed by atoms with van der Waals surface area (Å²) in [6.07, 6.45) is 3.85. The molecule has 1 N–H and O–H groups in total. The molecule has 2 aromatic rings. The van der Waals surface area contributed by atoms with E-state index in [9.17, 15) is 14.0 Å². The third-order valence-corrected chi connectivity index (χ3v) is 4.32. The fraction of sp³-hybridized carbons (Fsp3) is 0.471. The van der Waals surface area contributed by atoms with E-state index < -0.39 is 0 Å². The molecule has 1 aromatic heterocycles. The molecule has 0 fully saturated rings. The molecule has 24 heavy (non-hydrogen) atoms. The average molecular weight is 332 g/mol. The molecule has 0 spiro atoms. The zero-order valence-electron chi connectivity index (χ0n) is 13.7. The van der Waals surface area contributed by atoms with E-state index in [0.29, 0.717) is 6.54 Å². The highest BCUT2D eigenvalue weighted by atomic mass is 19.1. The van der Waals surface area contributed by atoms with Gasteiger partial charge in [0.2, 0.25) is 5.91 Å². The Hall–Kier alpha value is -2.44. The summed E-state index contributed by atoms with van der Waals surface area (Å²) in [5.41, 5.74) is 0.578. The molecule has 1 unspecified atom stereocenters. The van der Waals surface area contributed by atoms with Crippen LogP contribution in [-0.2, 0) is 24.3 Å². The third-order valence-electron chi connectivity index (χ3n) is 4.32. The summed E-state index contributed by atoms with van der Waals surface area (Å²) < 4.78 is 15.8. The minimum Gasteiger partial charge on any atom is -0.348 e. The van der Waals surface area contributed by atoms with Crippen molar-refractivity contribution in [1.29, 1.82) is 0 Å². The van der Waals surface area contributed by atoms with Crippen LogP contribution in [0.3, 0.4) is 0 Å². The van der Waals surface area contributed by atoms with E-state index in [1.807, 2.05) is 6.92 Å². The molecule has 1 amide bonds. The van der Waals surface area contributed by atoms with Gasteiger partial charge in [-0.25, -0.2) is 13.9 Å². The largest absolute Gasteiger partial charge is 0.348 e. The van der Waals surface area contributed by atoms with Crippen molar-refractivity contribution in [2.75, 3.05) is 0 Å². The minimum atomic E-state index is -0.316. The molecular formula is C17H21FN4O2. The van der Waals surface area contributed by atoms with E-state index in [1.165, 1.54) is 16.8 Å². The fourth-order valence-corrected chi connectivity index (χ4v) is 2.99. The highest BCUT2D eigenvalue weighted by molar-refractivity contribution is 5.76. The number of aromatic nitrogens is 3. The quantitative estimate of drug-likeness (QED) is 0.928. The molecule has 6 nitrogen and oxygen atoms in total. The summed E-state index contributed by atoms with van der Waals surface area (Å²) >= 11 is 0. The second-order valence-electron chi connectivity index (χ2n) is 6.16. The van der Waals surface area contributed by atoms with Crippen molar-refractivity contribution in [3.63, 3.8) is 0 Å². The molecule has 7 heteroatoms. The van der Waals surface area contributed by atoms with Crippen LogP contribution in [0.15, 0.2) is 29.1 Å². The highest BCUT2D eigenvalue weighted by Crippen LogP contribution is 2.13. The number of amides is 1. The molecule has 128 valence electrons. The van der Waals surface area contributed by atoms with Crippen molar-refractivity contribution in [2.45, 2.75) is 51.7 Å². The molecule has 1 aromatic carbocycles. The van der Waals surface area contributed by atoms with Crippen LogP contribution in [0.2, 0.25) is 0 Å². The average Bonchev–Trinajstić information content (AvgIpc) is 2.73. The number of rotatable bonds is 4. The van der Waals surface area contributed by atoms with Crippen LogP contribution in [0.1, 0.15) is 43.6 Å². The number of hydrogen-bond acceptors (Lipinski definition) is 3. The van der Waals surface area contributed by atoms with Gasteiger partial charge < -0.3 is 5.32 Å². The van der Waals surface area contributed by atoms with Crippen LogP contribution >= 0.6 is 0 Å². The van der Waals surface area contributed by atoms with Gasteiger partial charge in [0.05, 0.1) is 6.04 Å². The lowest BCUT2D eigenvalue weighted by Gasteiger charge is -2.14. The Labute approximate surface area is 139 Å². The van der Waals surface area contributed by atoms with Gasteiger partial charge in [0.1, 0.15) is 18.2 Å². The topological polar surface area (TPSA) is 68.9 Å². The summed E-state index contributed by atoms with van der Waals surface area (Å²) in [5, 5.41) is 7.11. The molecule has 1 atom stereocenters. The zero-order chi connectivity index (χ0) is 17.1. The molecule has 2 heterocycles. The van der Waals surface area contributed by atoms with E-state index in [2.05, 4.69) is 10.4 Å². The molecule has 3 rings (SSSR count). The Balaban J connectivity index is 1.67. The summed E-state index contributed by atoms with van der Waals surface area (Å²) in [6, 6.07) is 5.70. The zero-order valence-corrected chi connectivity index (χ0v) is 13.7. The highest BCUT2D eigenvalue weighted by Gasteiger charge is 2.18. The smallest absolute Gasteiger partial charge is 0.346 e. The van der Waals surface area contributed by atoms with Gasteiger partial charge in [-0.1, -0.05) is 18.6 Å². The van der Waals surface area contributed by atoms with Gasteiger partial charge in [0.25, 0.3) is 0 Å². The maximum atomic E-state index is 12.9. The summed E-state index contributed by atoms with van der Waals surface area (Å²) in [4.78, 5) is 24.5. The van der Waals surface area contributed by atoms with E-state index in [4.69, 9.17) is 0 Å². The summed E-state index contributed by atoms with van der Waals surface area (Å²) in [7, 11) is 0. The first kappa shape index (κ1) is 16.4. The Morgan fingerprint density at radius 1 is 1.29 bits per heavy atom. The number of fused-ring (bicyclic) bond motifs is 1. The lowest BCUT2D eigenvalue weighted by atomic mass is 10.1. The first-order valence-electron chi connectivity index (χ1n) is 8.26. The monoisotopic (exact) mass is 332 g/mol. The summed E-state index contributed by atoms with van der Waals surface area (Å²) in [5.74, 6) is 0.155. The lowest BCUT2D eigenvalue weighted by molar-refractivity contribution is -0.122. The number of carbonyl (C=O) groups is 1. The SMILES string of the molecule is CC(NC(=O)Cn1nc2n(c1=O)CCCCC2)c1ccc(F)cc1. The number of hydrogen-bond donors (Lipinski definition) is 1. The van der Waals surface area contributed by atoms with Crippen LogP contribution < -0.4 is 11.0 Å². The summed E-state index contributed by atoms with van der Waals surface area (Å²) in [6.45, 7) is 2.38. The van der Waals surface area contributed by atoms with Gasteiger partial charge >= 0.3 is 5.69 Å². The number of nitrogens with one attached hydrogen (secondary N) is 1. The van der Waals surface area contributed by atoms with Crippen molar-refractivity contribution in [3.8, 4) is 0 Å². The van der Waals surface area contributed by atoms with Crippen LogP contribution in [0.5, 0.6) is 0 Å². The van der Waals surface area contributed by atoms with Crippen molar-refractivity contribution >= 4 is 5.91 Å². The second kappa shape index (κ2) is 6.98. The first-order valence-corrected chi connectivity index (χ1v) is 8.26. The first-order chi connectivity index (χ1) is 11.5. The lowest BCUT2D eigenvalue weighted by Crippen LogP contribution is -2.35. The number of nitrogens with zero attached hydrogens (tertiary/aromatic N) is 3. The maximum Gasteiger partial charge on any atom is 0.346 e. The maximum absolute atomic E-state index is 12.9. The van der Waals surface area contributed by atoms with Gasteiger partial charge in [-0.3, -0.25) is 9.36 Å². The molecule has 0 saturated heterocycles. The minimum absolute atomic E-state index is 0.107. The van der Waals surface area contributed by atoms with Gasteiger partial charge in [-0.05, 0) is 37.5 Å². The Bertz CT molecular complexity index is 779. The van der Waals surface area contributed by atoms with Gasteiger partial charge in [-0.2, -0.15) is 5.10 Å². The normalized spacial score (nSPS) is 15.4. The van der Waals surface area contributed by atoms with Gasteiger partial charge in [0, 0.05) is 13.0 Å². The third kappa shape index (κ3) is 3.55. The van der Waals surface area contributed by atoms with Gasteiger partial charge in [-0.15, -0.1) is 0 Å². The Morgan fingerprint density at radius 2 is 2.04 bits per heavy atom. The number of benzene rings is 1. The molecular weight excluding hydrogens is 311 g/mol. The molecule has 1 aliphatic heterocycles. The van der Waals surface area contributed by atoms with Crippen LogP contribution in [0.25, 0.3) is 0 Å². The Kier molecular flexibility index (Phi) is 4.78. The second-order valence-corrected chi connectivity index (χ2v) is 6.16. The van der Waals surface area contributed by atoms with Gasteiger partial charge in [0.15, 0.2) is 0 Å². The molecule has 0 radical (unpaired) electrons. The van der Waals surface area contributed by atoms with Crippen molar-refractivity contribution in [2.24, 2.45) is 0 Å².